The van der Waals surface area contributed by atoms with Crippen LogP contribution in [0.25, 0.3) is 16.8 Å². The quantitative estimate of drug-likeness (QED) is 0.0821. The highest BCUT2D eigenvalue weighted by Crippen LogP contribution is 2.38. The maximum atomic E-state index is 14.3. The molecule has 16 heteroatoms. The molecule has 0 aliphatic rings. The average Bonchev–Trinajstić information content (AvgIpc) is 3.64. The number of halogens is 4. The molecule has 7 rings (SSSR count). The van der Waals surface area contributed by atoms with Gasteiger partial charge in [0.2, 0.25) is 11.9 Å². The number of hydrogen-bond donors (Lipinski definition) is 2. The molecule has 1 amide bonds. The Bertz CT molecular complexity index is 2750. The predicted octanol–water partition coefficient (Wildman–Crippen LogP) is 8.92. The molecule has 2 aromatic heterocycles. The Kier molecular flexibility index (Phi) is 12.4. The van der Waals surface area contributed by atoms with Gasteiger partial charge >= 0.3 is 6.18 Å². The molecule has 1 atom stereocenters. The summed E-state index contributed by atoms with van der Waals surface area (Å²) < 4.78 is 90.9. The summed E-state index contributed by atoms with van der Waals surface area (Å²) in [7, 11) is -6.77. The number of alkyl halides is 3. The smallest absolute Gasteiger partial charge is 0.422 e. The summed E-state index contributed by atoms with van der Waals surface area (Å²) in [5.74, 6) is -1.85. The Balaban J connectivity index is 1.11. The van der Waals surface area contributed by atoms with Gasteiger partial charge in [0.15, 0.2) is 22.1 Å². The zero-order valence-electron chi connectivity index (χ0n) is 34.2. The van der Waals surface area contributed by atoms with Crippen LogP contribution in [0.4, 0.5) is 34.9 Å². The van der Waals surface area contributed by atoms with Gasteiger partial charge in [-0.3, -0.25) is 4.79 Å². The minimum Gasteiger partial charge on any atom is -0.482 e. The van der Waals surface area contributed by atoms with E-state index in [4.69, 9.17) is 9.16 Å². The molecule has 0 spiro atoms. The predicted molar refractivity (Wildman–Crippen MR) is 234 cm³/mol. The number of anilines is 3. The number of carbonyl (C=O) groups excluding carboxylic acids is 1. The first-order valence-electron chi connectivity index (χ1n) is 19.5. The van der Waals surface area contributed by atoms with Gasteiger partial charge < -0.3 is 19.8 Å². The minimum absolute atomic E-state index is 0.0267. The van der Waals surface area contributed by atoms with Crippen molar-refractivity contribution in [2.45, 2.75) is 42.8 Å². The monoisotopic (exact) mass is 881 g/mol. The van der Waals surface area contributed by atoms with Crippen LogP contribution in [-0.4, -0.2) is 62.9 Å². The van der Waals surface area contributed by atoms with Crippen molar-refractivity contribution in [2.24, 2.45) is 0 Å². The fourth-order valence-electron chi connectivity index (χ4n) is 7.31. The molecule has 2 heterocycles. The molecule has 0 aliphatic carbocycles. The first kappa shape index (κ1) is 43.7. The number of amides is 1. The number of nitrogens with zero attached hydrogens (tertiary/aromatic N) is 3. The summed E-state index contributed by atoms with van der Waals surface area (Å²) in [6.07, 6.45) is -2.01. The third-order valence-corrected chi connectivity index (χ3v) is 16.4. The van der Waals surface area contributed by atoms with E-state index in [9.17, 15) is 30.8 Å². The highest BCUT2D eigenvalue weighted by Gasteiger charge is 2.50. The molecule has 7 aromatic rings. The van der Waals surface area contributed by atoms with Gasteiger partial charge in [0, 0.05) is 29.8 Å². The van der Waals surface area contributed by atoms with Crippen LogP contribution < -0.4 is 25.7 Å². The summed E-state index contributed by atoms with van der Waals surface area (Å²) >= 11 is 0. The lowest BCUT2D eigenvalue weighted by Crippen LogP contribution is -2.67. The highest BCUT2D eigenvalue weighted by molar-refractivity contribution is 7.90. The number of pyridine rings is 1. The molecule has 1 unspecified atom stereocenters. The third kappa shape index (κ3) is 9.88. The molecule has 0 radical (unpaired) electrons. The second kappa shape index (κ2) is 17.6. The Morgan fingerprint density at radius 3 is 2.00 bits per heavy atom. The third-order valence-electron chi connectivity index (χ3n) is 10.3. The molecular weight excluding hydrogens is 839 g/mol. The number of hydrogen-bond acceptors (Lipinski definition) is 8. The van der Waals surface area contributed by atoms with E-state index in [1.807, 2.05) is 54.6 Å². The van der Waals surface area contributed by atoms with Crippen molar-refractivity contribution in [1.82, 2.24) is 14.6 Å². The first-order chi connectivity index (χ1) is 29.4. The summed E-state index contributed by atoms with van der Waals surface area (Å²) in [6, 6.07) is 40.3. The molecule has 5 aromatic carbocycles. The van der Waals surface area contributed by atoms with E-state index in [-0.39, 0.29) is 39.8 Å². The number of sulfone groups is 1. The fraction of sp³-hybridized carbons (Fsp3) is 0.196. The van der Waals surface area contributed by atoms with Crippen LogP contribution in [0, 0.1) is 5.82 Å². The van der Waals surface area contributed by atoms with Crippen LogP contribution >= 0.6 is 0 Å². The lowest BCUT2D eigenvalue weighted by molar-refractivity contribution is -0.153. The van der Waals surface area contributed by atoms with Gasteiger partial charge in [-0.05, 0) is 75.1 Å². The van der Waals surface area contributed by atoms with Crippen molar-refractivity contribution in [3.8, 4) is 16.9 Å². The second-order valence-corrected chi connectivity index (χ2v) is 22.1. The standard InChI is InChI=1S/C46H43F4N5O5SSi/c1-45(2,3)62(37-11-7-5-8-12-37,38-13-9-6-10-14-38)60-29-39(32-15-20-34(47)21-16-32)43(56)51-35-22-17-31(18-23-35)33-19-26-42-53-44(54-55(42)28-33)52-40-25-24-36(61(4,57)58)27-41(40)59-30-46(48,49)50/h5-28,39H,29-30H2,1-4H3,(H,51,56)(H,52,54). The highest BCUT2D eigenvalue weighted by atomic mass is 32.2. The first-order valence-corrected chi connectivity index (χ1v) is 23.3. The topological polar surface area (TPSA) is 124 Å². The van der Waals surface area contributed by atoms with E-state index in [0.29, 0.717) is 16.9 Å². The van der Waals surface area contributed by atoms with Crippen molar-refractivity contribution in [3.63, 3.8) is 0 Å². The number of rotatable bonds is 14. The van der Waals surface area contributed by atoms with Crippen molar-refractivity contribution < 1.29 is 39.9 Å². The van der Waals surface area contributed by atoms with Crippen LogP contribution in [0.2, 0.25) is 5.04 Å². The van der Waals surface area contributed by atoms with Crippen LogP contribution in [0.1, 0.15) is 32.3 Å². The van der Waals surface area contributed by atoms with Crippen molar-refractivity contribution in [3.05, 3.63) is 157 Å². The van der Waals surface area contributed by atoms with Crippen molar-refractivity contribution in [1.29, 1.82) is 0 Å². The van der Waals surface area contributed by atoms with E-state index in [0.717, 1.165) is 33.8 Å². The lowest BCUT2D eigenvalue weighted by Gasteiger charge is -2.43. The maximum Gasteiger partial charge on any atom is 0.422 e. The number of benzene rings is 5. The zero-order valence-corrected chi connectivity index (χ0v) is 36.0. The van der Waals surface area contributed by atoms with Crippen molar-refractivity contribution in [2.75, 3.05) is 30.1 Å². The maximum absolute atomic E-state index is 14.3. The molecule has 0 bridgehead atoms. The minimum atomic E-state index is -4.66. The van der Waals surface area contributed by atoms with Gasteiger partial charge in [-0.25, -0.2) is 17.3 Å². The molecule has 0 fully saturated rings. The van der Waals surface area contributed by atoms with Gasteiger partial charge in [-0.2, -0.15) is 18.2 Å². The Hall–Kier alpha value is -6.36. The Labute approximate surface area is 357 Å². The van der Waals surface area contributed by atoms with Crippen LogP contribution in [0.15, 0.2) is 151 Å². The summed E-state index contributed by atoms with van der Waals surface area (Å²) in [5, 5.41) is 12.1. The Morgan fingerprint density at radius 1 is 0.806 bits per heavy atom. The van der Waals surface area contributed by atoms with E-state index >= 15 is 0 Å². The second-order valence-electron chi connectivity index (χ2n) is 15.8. The molecule has 320 valence electrons. The molecule has 10 nitrogen and oxygen atoms in total. The molecule has 2 N–H and O–H groups in total. The lowest BCUT2D eigenvalue weighted by atomic mass is 9.99. The summed E-state index contributed by atoms with van der Waals surface area (Å²) in [5.41, 5.74) is 3.09. The van der Waals surface area contributed by atoms with E-state index in [1.165, 1.54) is 28.8 Å². The summed E-state index contributed by atoms with van der Waals surface area (Å²) in [4.78, 5) is 18.4. The fourth-order valence-corrected chi connectivity index (χ4v) is 12.5. The number of aromatic nitrogens is 3. The molecular formula is C46H43F4N5O5SSi. The van der Waals surface area contributed by atoms with Crippen molar-refractivity contribution >= 4 is 57.4 Å². The summed E-state index contributed by atoms with van der Waals surface area (Å²) in [6.45, 7) is 4.87. The zero-order chi connectivity index (χ0) is 44.3. The van der Waals surface area contributed by atoms with Gasteiger partial charge in [0.1, 0.15) is 11.6 Å². The van der Waals surface area contributed by atoms with Gasteiger partial charge in [0.25, 0.3) is 8.32 Å². The van der Waals surface area contributed by atoms with E-state index in [1.54, 1.807) is 36.5 Å². The van der Waals surface area contributed by atoms with Crippen LogP contribution in [0.3, 0.4) is 0 Å². The van der Waals surface area contributed by atoms with Gasteiger partial charge in [-0.15, -0.1) is 5.10 Å². The number of fused-ring (bicyclic) bond motifs is 1. The van der Waals surface area contributed by atoms with Crippen LogP contribution in [0.5, 0.6) is 5.75 Å². The molecule has 0 aliphatic heterocycles. The van der Waals surface area contributed by atoms with E-state index < -0.39 is 42.7 Å². The van der Waals surface area contributed by atoms with Gasteiger partial charge in [0.05, 0.1) is 23.1 Å². The number of nitrogens with one attached hydrogen (secondary N) is 2. The molecule has 0 saturated heterocycles. The molecule has 0 saturated carbocycles. The van der Waals surface area contributed by atoms with Crippen LogP contribution in [-0.2, 0) is 19.1 Å². The number of carbonyl (C=O) groups is 1. The number of ether oxygens (including phenoxy) is 1. The van der Waals surface area contributed by atoms with Gasteiger partial charge in [-0.1, -0.05) is 106 Å². The SMILES string of the molecule is CC(C)(C)[Si](OCC(C(=O)Nc1ccc(-c2ccc3nc(Nc4ccc(S(C)(=O)=O)cc4OCC(F)(F)F)nn3c2)cc1)c1ccc(F)cc1)(c1ccccc1)c1ccccc1. The average molecular weight is 882 g/mol. The molecule has 62 heavy (non-hydrogen) atoms. The normalized spacial score (nSPS) is 12.8. The largest absolute Gasteiger partial charge is 0.482 e. The Morgan fingerprint density at radius 2 is 1.42 bits per heavy atom. The van der Waals surface area contributed by atoms with E-state index in [2.05, 4.69) is 65.8 Å².